The van der Waals surface area contributed by atoms with Gasteiger partial charge in [-0.05, 0) is 24.3 Å². The molecule has 1 aliphatic rings. The van der Waals surface area contributed by atoms with Gasteiger partial charge in [-0.25, -0.2) is 13.9 Å². The zero-order valence-electron chi connectivity index (χ0n) is 14.4. The molecule has 0 aliphatic carbocycles. The van der Waals surface area contributed by atoms with Gasteiger partial charge >= 0.3 is 5.97 Å². The number of carbonyl (C=O) groups is 1. The first kappa shape index (κ1) is 17.2. The third-order valence-electron chi connectivity index (χ3n) is 4.61. The van der Waals surface area contributed by atoms with Gasteiger partial charge in [0.05, 0.1) is 22.3 Å². The number of rotatable bonds is 3. The molecule has 0 bridgehead atoms. The lowest BCUT2D eigenvalue weighted by molar-refractivity contribution is 0.0687. The highest BCUT2D eigenvalue weighted by atomic mass is 19.1. The summed E-state index contributed by atoms with van der Waals surface area (Å²) in [6.07, 6.45) is 0. The summed E-state index contributed by atoms with van der Waals surface area (Å²) in [5.41, 5.74) is -0.108. The third-order valence-corrected chi connectivity index (χ3v) is 4.61. The molecule has 7 nitrogen and oxygen atoms in total. The number of aromatic carboxylic acids is 1. The van der Waals surface area contributed by atoms with E-state index < -0.39 is 22.9 Å². The summed E-state index contributed by atoms with van der Waals surface area (Å²) in [5.74, 6) is -2.00. The monoisotopic (exact) mass is 368 g/mol. The predicted octanol–water partition coefficient (Wildman–Crippen LogP) is 1.63. The van der Waals surface area contributed by atoms with Crippen molar-refractivity contribution in [2.24, 2.45) is 0 Å². The van der Waals surface area contributed by atoms with Crippen LogP contribution in [-0.4, -0.2) is 47.0 Å². The molecule has 0 unspecified atom stereocenters. The number of para-hydroxylation sites is 1. The summed E-state index contributed by atoms with van der Waals surface area (Å²) >= 11 is 0. The number of aromatic nitrogens is 2. The van der Waals surface area contributed by atoms with Crippen LogP contribution in [0.1, 0.15) is 10.5 Å². The minimum absolute atomic E-state index is 0.0114. The smallest absolute Gasteiger partial charge is 0.360 e. The Hall–Kier alpha value is -3.26. The Morgan fingerprint density at radius 1 is 1.15 bits per heavy atom. The second-order valence-corrected chi connectivity index (χ2v) is 6.29. The summed E-state index contributed by atoms with van der Waals surface area (Å²) in [4.78, 5) is 25.9. The van der Waals surface area contributed by atoms with E-state index in [1.54, 1.807) is 30.3 Å². The summed E-state index contributed by atoms with van der Waals surface area (Å²) < 4.78 is 16.2. The van der Waals surface area contributed by atoms with Gasteiger partial charge in [-0.2, -0.15) is 5.10 Å². The Morgan fingerprint density at radius 3 is 2.52 bits per heavy atom. The van der Waals surface area contributed by atoms with Gasteiger partial charge < -0.3 is 15.3 Å². The molecule has 27 heavy (non-hydrogen) atoms. The zero-order chi connectivity index (χ0) is 19.0. The first-order valence-electron chi connectivity index (χ1n) is 8.57. The average Bonchev–Trinajstić information content (AvgIpc) is 2.69. The van der Waals surface area contributed by atoms with E-state index in [9.17, 15) is 19.1 Å². The maximum Gasteiger partial charge on any atom is 0.360 e. The summed E-state index contributed by atoms with van der Waals surface area (Å²) in [5, 5.41) is 16.6. The number of hydrogen-bond acceptors (Lipinski definition) is 5. The van der Waals surface area contributed by atoms with Crippen LogP contribution in [0.15, 0.2) is 47.3 Å². The van der Waals surface area contributed by atoms with Gasteiger partial charge in [-0.3, -0.25) is 4.79 Å². The predicted molar refractivity (Wildman–Crippen MR) is 99.3 cm³/mol. The van der Waals surface area contributed by atoms with Crippen molar-refractivity contribution < 1.29 is 14.3 Å². The van der Waals surface area contributed by atoms with E-state index >= 15 is 0 Å². The molecule has 2 aromatic carbocycles. The van der Waals surface area contributed by atoms with E-state index in [0.717, 1.165) is 19.2 Å². The van der Waals surface area contributed by atoms with Crippen LogP contribution in [-0.2, 0) is 0 Å². The molecule has 1 aromatic heterocycles. The van der Waals surface area contributed by atoms with E-state index in [2.05, 4.69) is 10.4 Å². The fraction of sp³-hybridized carbons (Fsp3) is 0.211. The standard InChI is InChI=1S/C19H17FN4O3/c20-14-10-13-15(11-16(14)23-8-6-21-7-9-23)24(12-4-2-1-3-5-12)22-17(18(13)25)19(26)27/h1-5,10-11,21H,6-9H2,(H,26,27). The van der Waals surface area contributed by atoms with Crippen molar-refractivity contribution >= 4 is 22.6 Å². The lowest BCUT2D eigenvalue weighted by Crippen LogP contribution is -2.44. The molecule has 138 valence electrons. The molecule has 2 N–H and O–H groups in total. The number of carboxylic acids is 1. The number of hydrogen-bond donors (Lipinski definition) is 2. The molecule has 1 fully saturated rings. The Kier molecular flexibility index (Phi) is 4.33. The van der Waals surface area contributed by atoms with Crippen molar-refractivity contribution in [3.05, 3.63) is 64.2 Å². The van der Waals surface area contributed by atoms with E-state index in [1.165, 1.54) is 4.68 Å². The molecule has 1 aliphatic heterocycles. The molecule has 0 saturated carbocycles. The highest BCUT2D eigenvalue weighted by molar-refractivity contribution is 5.92. The van der Waals surface area contributed by atoms with Gasteiger partial charge in [0.25, 0.3) is 0 Å². The van der Waals surface area contributed by atoms with E-state index in [1.807, 2.05) is 11.0 Å². The number of carboxylic acid groups (broad SMARTS) is 1. The van der Waals surface area contributed by atoms with Crippen LogP contribution in [0.25, 0.3) is 16.6 Å². The lowest BCUT2D eigenvalue weighted by Gasteiger charge is -2.30. The number of nitrogens with zero attached hydrogens (tertiary/aromatic N) is 3. The largest absolute Gasteiger partial charge is 0.476 e. The Labute approximate surface area is 153 Å². The number of benzene rings is 2. The molecule has 2 heterocycles. The van der Waals surface area contributed by atoms with Crippen LogP contribution in [0.4, 0.5) is 10.1 Å². The molecule has 0 radical (unpaired) electrons. The second-order valence-electron chi connectivity index (χ2n) is 6.29. The normalized spacial score (nSPS) is 14.5. The van der Waals surface area contributed by atoms with E-state index in [0.29, 0.717) is 30.0 Å². The minimum Gasteiger partial charge on any atom is -0.476 e. The van der Waals surface area contributed by atoms with Gasteiger partial charge in [0.15, 0.2) is 0 Å². The number of anilines is 1. The Bertz CT molecular complexity index is 1080. The van der Waals surface area contributed by atoms with Gasteiger partial charge in [0, 0.05) is 26.2 Å². The van der Waals surface area contributed by atoms with E-state index in [-0.39, 0.29) is 5.39 Å². The first-order valence-corrected chi connectivity index (χ1v) is 8.57. The van der Waals surface area contributed by atoms with Gasteiger partial charge in [-0.15, -0.1) is 0 Å². The topological polar surface area (TPSA) is 87.5 Å². The molecule has 0 amide bonds. The maximum atomic E-state index is 14.8. The first-order chi connectivity index (χ1) is 13.1. The van der Waals surface area contributed by atoms with Crippen LogP contribution in [0.5, 0.6) is 0 Å². The SMILES string of the molecule is O=C(O)c1nn(-c2ccccc2)c2cc(N3CCNCC3)c(F)cc2c1=O. The molecular formula is C19H17FN4O3. The van der Waals surface area contributed by atoms with Crippen molar-refractivity contribution in [2.75, 3.05) is 31.1 Å². The summed E-state index contributed by atoms with van der Waals surface area (Å²) in [6.45, 7) is 2.75. The third kappa shape index (κ3) is 3.04. The van der Waals surface area contributed by atoms with Crippen LogP contribution < -0.4 is 15.6 Å². The lowest BCUT2D eigenvalue weighted by atomic mass is 10.1. The van der Waals surface area contributed by atoms with Crippen molar-refractivity contribution in [1.29, 1.82) is 0 Å². The number of fused-ring (bicyclic) bond motifs is 1. The van der Waals surface area contributed by atoms with Crippen molar-refractivity contribution in [2.45, 2.75) is 0 Å². The van der Waals surface area contributed by atoms with Gasteiger partial charge in [-0.1, -0.05) is 18.2 Å². The quantitative estimate of drug-likeness (QED) is 0.731. The Balaban J connectivity index is 2.02. The fourth-order valence-electron chi connectivity index (χ4n) is 3.29. The molecule has 3 aromatic rings. The van der Waals surface area contributed by atoms with Crippen molar-refractivity contribution in [1.82, 2.24) is 15.1 Å². The van der Waals surface area contributed by atoms with Gasteiger partial charge in [0.2, 0.25) is 11.1 Å². The Morgan fingerprint density at radius 2 is 1.85 bits per heavy atom. The molecular weight excluding hydrogens is 351 g/mol. The van der Waals surface area contributed by atoms with E-state index in [4.69, 9.17) is 0 Å². The van der Waals surface area contributed by atoms with Crippen LogP contribution in [0, 0.1) is 5.82 Å². The molecule has 0 spiro atoms. The van der Waals surface area contributed by atoms with Crippen LogP contribution >= 0.6 is 0 Å². The number of piperazine rings is 1. The van der Waals surface area contributed by atoms with Gasteiger partial charge in [0.1, 0.15) is 5.82 Å². The zero-order valence-corrected chi connectivity index (χ0v) is 14.4. The number of nitrogens with one attached hydrogen (secondary N) is 1. The molecule has 1 saturated heterocycles. The van der Waals surface area contributed by atoms with Crippen LogP contribution in [0.3, 0.4) is 0 Å². The average molecular weight is 368 g/mol. The molecule has 4 rings (SSSR count). The highest BCUT2D eigenvalue weighted by Gasteiger charge is 2.21. The second kappa shape index (κ2) is 6.81. The summed E-state index contributed by atoms with van der Waals surface area (Å²) in [7, 11) is 0. The minimum atomic E-state index is -1.45. The summed E-state index contributed by atoms with van der Waals surface area (Å²) in [6, 6.07) is 11.6. The number of halogens is 1. The fourth-order valence-corrected chi connectivity index (χ4v) is 3.29. The van der Waals surface area contributed by atoms with Crippen molar-refractivity contribution in [3.63, 3.8) is 0 Å². The molecule has 0 atom stereocenters. The van der Waals surface area contributed by atoms with Crippen molar-refractivity contribution in [3.8, 4) is 5.69 Å². The maximum absolute atomic E-state index is 14.8. The molecule has 8 heteroatoms. The van der Waals surface area contributed by atoms with Crippen LogP contribution in [0.2, 0.25) is 0 Å². The highest BCUT2D eigenvalue weighted by Crippen LogP contribution is 2.26.